The van der Waals surface area contributed by atoms with E-state index in [0.717, 1.165) is 11.3 Å². The quantitative estimate of drug-likeness (QED) is 0.727. The zero-order valence-electron chi connectivity index (χ0n) is 8.47. The molecule has 0 aromatic heterocycles. The van der Waals surface area contributed by atoms with Crippen molar-refractivity contribution in [3.8, 4) is 5.75 Å². The molecule has 4 heteroatoms. The van der Waals surface area contributed by atoms with E-state index in [-0.39, 0.29) is 5.75 Å². The van der Waals surface area contributed by atoms with Crippen LogP contribution in [0.4, 0.5) is 5.69 Å². The summed E-state index contributed by atoms with van der Waals surface area (Å²) in [5.41, 5.74) is 1.66. The Labute approximate surface area is 87.8 Å². The van der Waals surface area contributed by atoms with E-state index >= 15 is 0 Å². The van der Waals surface area contributed by atoms with Crippen LogP contribution in [-0.4, -0.2) is 29.3 Å². The monoisotopic (exact) mass is 207 g/mol. The van der Waals surface area contributed by atoms with Crippen molar-refractivity contribution in [1.29, 1.82) is 0 Å². The van der Waals surface area contributed by atoms with Crippen LogP contribution in [0.1, 0.15) is 12.0 Å². The third-order valence-electron chi connectivity index (χ3n) is 2.93. The number of carboxylic acid groups (broad SMARTS) is 1. The van der Waals surface area contributed by atoms with Gasteiger partial charge in [0.05, 0.1) is 0 Å². The maximum Gasteiger partial charge on any atom is 0.326 e. The van der Waals surface area contributed by atoms with Gasteiger partial charge in [-0.1, -0.05) is 6.07 Å². The summed E-state index contributed by atoms with van der Waals surface area (Å²) in [5.74, 6) is -0.560. The first-order valence-electron chi connectivity index (χ1n) is 4.87. The van der Waals surface area contributed by atoms with Crippen LogP contribution in [0.2, 0.25) is 0 Å². The number of rotatable bonds is 1. The van der Waals surface area contributed by atoms with Crippen LogP contribution < -0.4 is 4.90 Å². The Morgan fingerprint density at radius 1 is 1.53 bits per heavy atom. The Bertz CT molecular complexity index is 403. The van der Waals surface area contributed by atoms with Gasteiger partial charge >= 0.3 is 5.97 Å². The Balaban J connectivity index is 2.42. The van der Waals surface area contributed by atoms with Gasteiger partial charge in [-0.3, -0.25) is 0 Å². The molecule has 1 aliphatic heterocycles. The van der Waals surface area contributed by atoms with Crippen LogP contribution in [0.3, 0.4) is 0 Å². The first-order valence-corrected chi connectivity index (χ1v) is 4.87. The number of carbonyl (C=O) groups is 1. The topological polar surface area (TPSA) is 60.8 Å². The number of anilines is 1. The molecular formula is C11H13NO3. The van der Waals surface area contributed by atoms with Crippen LogP contribution in [0.5, 0.6) is 5.75 Å². The van der Waals surface area contributed by atoms with Crippen LogP contribution in [-0.2, 0) is 11.2 Å². The summed E-state index contributed by atoms with van der Waals surface area (Å²) >= 11 is 0. The van der Waals surface area contributed by atoms with Gasteiger partial charge in [-0.15, -0.1) is 0 Å². The van der Waals surface area contributed by atoms with Gasteiger partial charge in [-0.25, -0.2) is 4.79 Å². The molecule has 0 fully saturated rings. The van der Waals surface area contributed by atoms with Crippen molar-refractivity contribution < 1.29 is 15.0 Å². The van der Waals surface area contributed by atoms with Crippen molar-refractivity contribution in [1.82, 2.24) is 0 Å². The van der Waals surface area contributed by atoms with Crippen molar-refractivity contribution >= 4 is 11.7 Å². The number of phenolic OH excluding ortho intramolecular Hbond substituents is 1. The fourth-order valence-corrected chi connectivity index (χ4v) is 2.08. The highest BCUT2D eigenvalue weighted by Gasteiger charge is 2.29. The first kappa shape index (κ1) is 9.83. The molecule has 1 heterocycles. The van der Waals surface area contributed by atoms with Crippen LogP contribution in [0, 0.1) is 0 Å². The molecule has 1 aromatic rings. The number of likely N-dealkylation sites (N-methyl/N-ethyl adjacent to an activating group) is 1. The molecule has 1 atom stereocenters. The van der Waals surface area contributed by atoms with Gasteiger partial charge in [0, 0.05) is 18.3 Å². The molecule has 0 amide bonds. The third kappa shape index (κ3) is 1.52. The summed E-state index contributed by atoms with van der Waals surface area (Å²) in [5, 5.41) is 18.6. The Morgan fingerprint density at radius 3 is 2.93 bits per heavy atom. The van der Waals surface area contributed by atoms with E-state index in [1.54, 1.807) is 24.1 Å². The van der Waals surface area contributed by atoms with Crippen molar-refractivity contribution in [2.75, 3.05) is 11.9 Å². The van der Waals surface area contributed by atoms with Gasteiger partial charge in [0.15, 0.2) is 0 Å². The predicted molar refractivity (Wildman–Crippen MR) is 56.3 cm³/mol. The molecule has 0 saturated heterocycles. The van der Waals surface area contributed by atoms with Gasteiger partial charge in [-0.05, 0) is 25.0 Å². The molecule has 0 radical (unpaired) electrons. The zero-order chi connectivity index (χ0) is 11.0. The minimum Gasteiger partial charge on any atom is -0.508 e. The summed E-state index contributed by atoms with van der Waals surface area (Å²) in [6.45, 7) is 0. The molecule has 0 aliphatic carbocycles. The fourth-order valence-electron chi connectivity index (χ4n) is 2.08. The van der Waals surface area contributed by atoms with E-state index in [2.05, 4.69) is 0 Å². The van der Waals surface area contributed by atoms with E-state index in [1.165, 1.54) is 0 Å². The molecule has 15 heavy (non-hydrogen) atoms. The predicted octanol–water partition coefficient (Wildman–Crippen LogP) is 1.23. The lowest BCUT2D eigenvalue weighted by molar-refractivity contribution is -0.138. The number of fused-ring (bicyclic) bond motifs is 1. The molecule has 0 saturated carbocycles. The maximum atomic E-state index is 11.0. The van der Waals surface area contributed by atoms with Gasteiger partial charge in [-0.2, -0.15) is 0 Å². The second-order valence-electron chi connectivity index (χ2n) is 3.78. The van der Waals surface area contributed by atoms with Gasteiger partial charge in [0.1, 0.15) is 11.8 Å². The molecule has 2 rings (SSSR count). The summed E-state index contributed by atoms with van der Waals surface area (Å²) in [7, 11) is 1.75. The van der Waals surface area contributed by atoms with Crippen LogP contribution >= 0.6 is 0 Å². The van der Waals surface area contributed by atoms with E-state index in [9.17, 15) is 9.90 Å². The molecule has 1 aliphatic rings. The highest BCUT2D eigenvalue weighted by Crippen LogP contribution is 2.34. The van der Waals surface area contributed by atoms with Crippen LogP contribution in [0.15, 0.2) is 18.2 Å². The Hall–Kier alpha value is -1.71. The van der Waals surface area contributed by atoms with E-state index in [4.69, 9.17) is 5.11 Å². The molecule has 2 N–H and O–H groups in total. The third-order valence-corrected chi connectivity index (χ3v) is 2.93. The number of benzene rings is 1. The summed E-state index contributed by atoms with van der Waals surface area (Å²) < 4.78 is 0. The minimum atomic E-state index is -0.813. The van der Waals surface area contributed by atoms with E-state index in [1.807, 2.05) is 6.07 Å². The van der Waals surface area contributed by atoms with Crippen molar-refractivity contribution in [3.63, 3.8) is 0 Å². The van der Waals surface area contributed by atoms with Crippen LogP contribution in [0.25, 0.3) is 0 Å². The second kappa shape index (κ2) is 3.46. The number of nitrogens with zero attached hydrogens (tertiary/aromatic N) is 1. The fraction of sp³-hybridized carbons (Fsp3) is 0.364. The lowest BCUT2D eigenvalue weighted by atomic mass is 9.95. The highest BCUT2D eigenvalue weighted by molar-refractivity contribution is 5.80. The number of aliphatic carboxylic acids is 1. The number of phenols is 1. The highest BCUT2D eigenvalue weighted by atomic mass is 16.4. The van der Waals surface area contributed by atoms with Crippen molar-refractivity contribution in [2.24, 2.45) is 0 Å². The van der Waals surface area contributed by atoms with Gasteiger partial charge in [0.25, 0.3) is 0 Å². The number of carboxylic acids is 1. The van der Waals surface area contributed by atoms with E-state index in [0.29, 0.717) is 12.8 Å². The second-order valence-corrected chi connectivity index (χ2v) is 3.78. The largest absolute Gasteiger partial charge is 0.508 e. The van der Waals surface area contributed by atoms with Gasteiger partial charge in [0.2, 0.25) is 0 Å². The molecule has 80 valence electrons. The number of aromatic hydroxyl groups is 1. The number of hydrogen-bond acceptors (Lipinski definition) is 3. The lowest BCUT2D eigenvalue weighted by Crippen LogP contribution is -2.41. The van der Waals surface area contributed by atoms with Crippen molar-refractivity contribution in [3.05, 3.63) is 23.8 Å². The normalized spacial score (nSPS) is 19.8. The molecule has 0 bridgehead atoms. The van der Waals surface area contributed by atoms with E-state index < -0.39 is 12.0 Å². The lowest BCUT2D eigenvalue weighted by Gasteiger charge is -2.33. The summed E-state index contributed by atoms with van der Waals surface area (Å²) in [4.78, 5) is 12.7. The number of hydrogen-bond donors (Lipinski definition) is 2. The average Bonchev–Trinajstić information content (AvgIpc) is 2.19. The smallest absolute Gasteiger partial charge is 0.326 e. The molecule has 0 spiro atoms. The van der Waals surface area contributed by atoms with Gasteiger partial charge < -0.3 is 15.1 Å². The first-order chi connectivity index (χ1) is 7.11. The standard InChI is InChI=1S/C11H13NO3/c1-12-8-3-2-4-10(13)7(8)5-6-9(12)11(14)15/h2-4,9,13H,5-6H2,1H3,(H,14,15). The summed E-state index contributed by atoms with van der Waals surface area (Å²) in [6, 6.07) is 4.71. The summed E-state index contributed by atoms with van der Waals surface area (Å²) in [6.07, 6.45) is 1.15. The SMILES string of the molecule is CN1c2cccc(O)c2CCC1C(=O)O. The van der Waals surface area contributed by atoms with Crippen molar-refractivity contribution in [2.45, 2.75) is 18.9 Å². The molecule has 1 unspecified atom stereocenters. The maximum absolute atomic E-state index is 11.0. The molecule has 4 nitrogen and oxygen atoms in total. The Kier molecular flexibility index (Phi) is 2.26. The average molecular weight is 207 g/mol. The molecular weight excluding hydrogens is 194 g/mol. The molecule has 1 aromatic carbocycles. The minimum absolute atomic E-state index is 0.253. The zero-order valence-corrected chi connectivity index (χ0v) is 8.47. The Morgan fingerprint density at radius 2 is 2.27 bits per heavy atom.